The lowest BCUT2D eigenvalue weighted by atomic mass is 10.5. The SMILES string of the molecule is CCN(C)CCOC.COC. The number of hydrogen-bond donors (Lipinski definition) is 0. The van der Waals surface area contributed by atoms with E-state index >= 15 is 0 Å². The molecule has 0 bridgehead atoms. The maximum absolute atomic E-state index is 4.87. The van der Waals surface area contributed by atoms with Gasteiger partial charge in [-0.15, -0.1) is 0 Å². The van der Waals surface area contributed by atoms with E-state index in [0.29, 0.717) is 0 Å². The van der Waals surface area contributed by atoms with Crippen molar-refractivity contribution in [2.24, 2.45) is 0 Å². The maximum Gasteiger partial charge on any atom is 0.0589 e. The largest absolute Gasteiger partial charge is 0.388 e. The molecule has 0 N–H and O–H groups in total. The lowest BCUT2D eigenvalue weighted by molar-refractivity contribution is 0.164. The van der Waals surface area contributed by atoms with E-state index in [2.05, 4.69) is 23.6 Å². The summed E-state index contributed by atoms with van der Waals surface area (Å²) in [5.41, 5.74) is 0. The summed E-state index contributed by atoms with van der Waals surface area (Å²) in [4.78, 5) is 2.21. The number of methoxy groups -OCH3 is 2. The summed E-state index contributed by atoms with van der Waals surface area (Å²) >= 11 is 0. The summed E-state index contributed by atoms with van der Waals surface area (Å²) < 4.78 is 9.12. The van der Waals surface area contributed by atoms with E-state index in [0.717, 1.165) is 19.7 Å². The summed E-state index contributed by atoms with van der Waals surface area (Å²) in [6, 6.07) is 0. The zero-order chi connectivity index (χ0) is 9.11. The molecule has 3 nitrogen and oxygen atoms in total. The Morgan fingerprint density at radius 3 is 1.91 bits per heavy atom. The first kappa shape index (κ1) is 13.5. The van der Waals surface area contributed by atoms with Crippen LogP contribution in [0.5, 0.6) is 0 Å². The molecule has 0 rings (SSSR count). The van der Waals surface area contributed by atoms with Gasteiger partial charge in [-0.25, -0.2) is 0 Å². The minimum Gasteiger partial charge on any atom is -0.388 e. The molecule has 0 aromatic heterocycles. The first-order chi connectivity index (χ1) is 5.22. The van der Waals surface area contributed by atoms with Crippen LogP contribution >= 0.6 is 0 Å². The van der Waals surface area contributed by atoms with Crippen molar-refractivity contribution in [3.05, 3.63) is 0 Å². The fourth-order valence-electron chi connectivity index (χ4n) is 0.405. The molecule has 0 spiro atoms. The van der Waals surface area contributed by atoms with Crippen molar-refractivity contribution in [3.63, 3.8) is 0 Å². The van der Waals surface area contributed by atoms with E-state index in [-0.39, 0.29) is 0 Å². The van der Waals surface area contributed by atoms with Gasteiger partial charge in [-0.3, -0.25) is 0 Å². The van der Waals surface area contributed by atoms with Crippen LogP contribution < -0.4 is 0 Å². The molecular weight excluding hydrogens is 142 g/mol. The minimum absolute atomic E-state index is 0.838. The van der Waals surface area contributed by atoms with Gasteiger partial charge in [0.25, 0.3) is 0 Å². The Morgan fingerprint density at radius 2 is 1.64 bits per heavy atom. The molecule has 0 unspecified atom stereocenters. The van der Waals surface area contributed by atoms with Gasteiger partial charge in [0.1, 0.15) is 0 Å². The highest BCUT2D eigenvalue weighted by Crippen LogP contribution is 1.78. The Morgan fingerprint density at radius 1 is 1.18 bits per heavy atom. The number of likely N-dealkylation sites (N-methyl/N-ethyl adjacent to an activating group) is 1. The van der Waals surface area contributed by atoms with Crippen molar-refractivity contribution in [1.82, 2.24) is 4.90 Å². The van der Waals surface area contributed by atoms with Gasteiger partial charge < -0.3 is 14.4 Å². The fourth-order valence-corrected chi connectivity index (χ4v) is 0.405. The molecule has 0 atom stereocenters. The topological polar surface area (TPSA) is 21.7 Å². The van der Waals surface area contributed by atoms with Crippen LogP contribution in [0.1, 0.15) is 6.92 Å². The highest BCUT2D eigenvalue weighted by Gasteiger charge is 1.89. The second kappa shape index (κ2) is 12.5. The molecule has 0 aromatic carbocycles. The summed E-state index contributed by atoms with van der Waals surface area (Å²) in [5, 5.41) is 0. The van der Waals surface area contributed by atoms with Crippen LogP contribution in [-0.2, 0) is 9.47 Å². The second-order valence-electron chi connectivity index (χ2n) is 2.30. The average molecular weight is 163 g/mol. The quantitative estimate of drug-likeness (QED) is 0.613. The summed E-state index contributed by atoms with van der Waals surface area (Å²) in [6.07, 6.45) is 0. The molecule has 0 aliphatic heterocycles. The third kappa shape index (κ3) is 17.7. The van der Waals surface area contributed by atoms with Crippen LogP contribution in [0, 0.1) is 0 Å². The minimum atomic E-state index is 0.838. The first-order valence-corrected chi connectivity index (χ1v) is 3.80. The third-order valence-electron chi connectivity index (χ3n) is 1.22. The van der Waals surface area contributed by atoms with Crippen LogP contribution in [-0.4, -0.2) is 53.0 Å². The van der Waals surface area contributed by atoms with Crippen molar-refractivity contribution in [1.29, 1.82) is 0 Å². The predicted molar refractivity (Wildman–Crippen MR) is 48.0 cm³/mol. The van der Waals surface area contributed by atoms with Crippen LogP contribution in [0.25, 0.3) is 0 Å². The van der Waals surface area contributed by atoms with Gasteiger partial charge >= 0.3 is 0 Å². The Labute approximate surface area is 70.3 Å². The normalized spacial score (nSPS) is 9.27. The average Bonchev–Trinajstić information content (AvgIpc) is 2.02. The zero-order valence-electron chi connectivity index (χ0n) is 8.39. The molecule has 0 amide bonds. The van der Waals surface area contributed by atoms with Gasteiger partial charge in [0.05, 0.1) is 6.61 Å². The van der Waals surface area contributed by atoms with Gasteiger partial charge in [-0.05, 0) is 13.6 Å². The van der Waals surface area contributed by atoms with Gasteiger partial charge in [-0.1, -0.05) is 6.92 Å². The first-order valence-electron chi connectivity index (χ1n) is 3.80. The summed E-state index contributed by atoms with van der Waals surface area (Å²) in [6.45, 7) is 5.11. The smallest absolute Gasteiger partial charge is 0.0589 e. The van der Waals surface area contributed by atoms with Crippen LogP contribution in [0.3, 0.4) is 0 Å². The summed E-state index contributed by atoms with van der Waals surface area (Å²) in [7, 11) is 7.06. The van der Waals surface area contributed by atoms with E-state index in [4.69, 9.17) is 4.74 Å². The standard InChI is InChI=1S/C6H15NO.C2H6O/c1-4-7(2)5-6-8-3;1-3-2/h4-6H2,1-3H3;1-2H3. The van der Waals surface area contributed by atoms with Gasteiger partial charge in [0, 0.05) is 27.9 Å². The number of rotatable bonds is 4. The molecule has 70 valence electrons. The third-order valence-corrected chi connectivity index (χ3v) is 1.22. The van der Waals surface area contributed by atoms with Gasteiger partial charge in [0.2, 0.25) is 0 Å². The molecule has 3 heteroatoms. The molecule has 0 aliphatic carbocycles. The fraction of sp³-hybridized carbons (Fsp3) is 1.00. The molecule has 0 saturated carbocycles. The molecule has 0 saturated heterocycles. The Balaban J connectivity index is 0. The van der Waals surface area contributed by atoms with Crippen molar-refractivity contribution < 1.29 is 9.47 Å². The van der Waals surface area contributed by atoms with E-state index in [1.54, 1.807) is 21.3 Å². The Kier molecular flexibility index (Phi) is 15.4. The Hall–Kier alpha value is -0.120. The van der Waals surface area contributed by atoms with Gasteiger partial charge in [-0.2, -0.15) is 0 Å². The van der Waals surface area contributed by atoms with E-state index in [1.807, 2.05) is 0 Å². The molecule has 0 fully saturated rings. The van der Waals surface area contributed by atoms with Crippen molar-refractivity contribution >= 4 is 0 Å². The summed E-state index contributed by atoms with van der Waals surface area (Å²) in [5.74, 6) is 0. The molecule has 0 radical (unpaired) electrons. The van der Waals surface area contributed by atoms with E-state index < -0.39 is 0 Å². The highest BCUT2D eigenvalue weighted by molar-refractivity contribution is 4.42. The highest BCUT2D eigenvalue weighted by atomic mass is 16.5. The van der Waals surface area contributed by atoms with Crippen LogP contribution in [0.15, 0.2) is 0 Å². The lowest BCUT2D eigenvalue weighted by Gasteiger charge is -2.11. The molecule has 0 aromatic rings. The lowest BCUT2D eigenvalue weighted by Crippen LogP contribution is -2.21. The zero-order valence-corrected chi connectivity index (χ0v) is 8.39. The molecular formula is C8H21NO2. The predicted octanol–water partition coefficient (Wildman–Crippen LogP) is 0.847. The van der Waals surface area contributed by atoms with E-state index in [1.165, 1.54) is 0 Å². The van der Waals surface area contributed by atoms with Crippen molar-refractivity contribution in [3.8, 4) is 0 Å². The second-order valence-corrected chi connectivity index (χ2v) is 2.30. The maximum atomic E-state index is 4.87. The van der Waals surface area contributed by atoms with Crippen molar-refractivity contribution in [2.75, 3.05) is 48.1 Å². The molecule has 0 heterocycles. The molecule has 0 aliphatic rings. The van der Waals surface area contributed by atoms with Crippen LogP contribution in [0.4, 0.5) is 0 Å². The van der Waals surface area contributed by atoms with E-state index in [9.17, 15) is 0 Å². The van der Waals surface area contributed by atoms with Crippen molar-refractivity contribution in [2.45, 2.75) is 6.92 Å². The van der Waals surface area contributed by atoms with Gasteiger partial charge in [0.15, 0.2) is 0 Å². The van der Waals surface area contributed by atoms with Crippen LogP contribution in [0.2, 0.25) is 0 Å². The number of nitrogens with zero attached hydrogens (tertiary/aromatic N) is 1. The Bertz CT molecular complexity index is 60.1. The monoisotopic (exact) mass is 163 g/mol. The number of ether oxygens (including phenoxy) is 2. The number of hydrogen-bond acceptors (Lipinski definition) is 3. The molecule has 11 heavy (non-hydrogen) atoms.